The molecule has 0 aromatic rings. The fourth-order valence-electron chi connectivity index (χ4n) is 1.46. The summed E-state index contributed by atoms with van der Waals surface area (Å²) in [5.74, 6) is -2.55. The Morgan fingerprint density at radius 3 is 2.29 bits per heavy atom. The molecule has 0 radical (unpaired) electrons. The largest absolute Gasteiger partial charge is 1.00 e. The Hall–Kier alpha value is -0.150. The third kappa shape index (κ3) is 13.2. The van der Waals surface area contributed by atoms with Gasteiger partial charge in [0.1, 0.15) is 0 Å². The molecule has 7 nitrogen and oxygen atoms in total. The van der Waals surface area contributed by atoms with Crippen LogP contribution in [0.2, 0.25) is 0 Å². The number of unbranched alkanes of at least 4 members (excludes halogenated alkanes) is 1. The van der Waals surface area contributed by atoms with Crippen molar-refractivity contribution in [2.45, 2.75) is 52.4 Å². The van der Waals surface area contributed by atoms with E-state index in [2.05, 4.69) is 8.37 Å². The van der Waals surface area contributed by atoms with E-state index in [1.807, 2.05) is 13.8 Å². The van der Waals surface area contributed by atoms with Gasteiger partial charge < -0.3 is 14.1 Å². The summed E-state index contributed by atoms with van der Waals surface area (Å²) in [6.45, 7) is 3.90. The van der Waals surface area contributed by atoms with Crippen molar-refractivity contribution in [2.75, 3.05) is 6.61 Å². The van der Waals surface area contributed by atoms with E-state index in [0.717, 1.165) is 25.7 Å². The minimum absolute atomic E-state index is 0. The number of aliphatic carboxylic acids is 1. The number of carbonyl (C=O) groups excluding carboxylic acids is 2. The Morgan fingerprint density at radius 1 is 1.19 bits per heavy atom. The van der Waals surface area contributed by atoms with Gasteiger partial charge in [-0.25, -0.2) is 4.18 Å². The van der Waals surface area contributed by atoms with E-state index < -0.39 is 35.2 Å². The van der Waals surface area contributed by atoms with Gasteiger partial charge in [0, 0.05) is 5.97 Å². The maximum atomic E-state index is 11.4. The molecule has 9 heteroatoms. The Kier molecular flexibility index (Phi) is 13.7. The van der Waals surface area contributed by atoms with Crippen LogP contribution >= 0.6 is 0 Å². The number of carboxylic acids is 1. The normalized spacial score (nSPS) is 12.3. The third-order valence-corrected chi connectivity index (χ3v) is 3.53. The quantitative estimate of drug-likeness (QED) is 0.386. The molecule has 0 heterocycles. The molecule has 1 atom stereocenters. The molecule has 0 aromatic heterocycles. The van der Waals surface area contributed by atoms with Crippen molar-refractivity contribution in [3.05, 3.63) is 0 Å². The van der Waals surface area contributed by atoms with Crippen molar-refractivity contribution in [1.82, 2.24) is 0 Å². The summed E-state index contributed by atoms with van der Waals surface area (Å²) >= 11 is 0. The van der Waals surface area contributed by atoms with Gasteiger partial charge in [-0.15, -0.1) is 0 Å². The van der Waals surface area contributed by atoms with Crippen molar-refractivity contribution in [3.8, 4) is 0 Å². The van der Waals surface area contributed by atoms with Crippen molar-refractivity contribution < 1.29 is 61.0 Å². The molecule has 0 saturated heterocycles. The molecule has 0 spiro atoms. The SMILES string of the molecule is CCCCC(CC)COS(=O)(=O)OC(=O)CCC(=O)[O-].[Na+]. The first kappa shape index (κ1) is 23.1. The molecule has 0 bridgehead atoms. The number of hydrogen-bond donors (Lipinski definition) is 0. The van der Waals surface area contributed by atoms with E-state index in [1.165, 1.54) is 0 Å². The van der Waals surface area contributed by atoms with Crippen LogP contribution in [-0.4, -0.2) is 27.0 Å². The monoisotopic (exact) mass is 332 g/mol. The van der Waals surface area contributed by atoms with Crippen LogP contribution in [0.4, 0.5) is 0 Å². The number of hydrogen-bond acceptors (Lipinski definition) is 7. The topological polar surface area (TPSA) is 110 Å². The summed E-state index contributed by atoms with van der Waals surface area (Å²) in [6, 6.07) is 0. The maximum absolute atomic E-state index is 11.4. The van der Waals surface area contributed by atoms with Crippen LogP contribution in [0.25, 0.3) is 0 Å². The van der Waals surface area contributed by atoms with Gasteiger partial charge in [-0.1, -0.05) is 33.1 Å². The minimum atomic E-state index is -4.42. The van der Waals surface area contributed by atoms with Gasteiger partial charge in [0.15, 0.2) is 0 Å². The molecule has 0 fully saturated rings. The van der Waals surface area contributed by atoms with Gasteiger partial charge in [0.2, 0.25) is 0 Å². The zero-order valence-corrected chi connectivity index (χ0v) is 15.6. The average Bonchev–Trinajstić information content (AvgIpc) is 2.36. The Labute approximate surface area is 148 Å². The molecule has 0 aromatic carbocycles. The Bertz CT molecular complexity index is 408. The number of carboxylic acid groups (broad SMARTS) is 1. The summed E-state index contributed by atoms with van der Waals surface area (Å²) in [6.07, 6.45) is 2.39. The summed E-state index contributed by atoms with van der Waals surface area (Å²) < 4.78 is 31.4. The number of carbonyl (C=O) groups is 2. The van der Waals surface area contributed by atoms with E-state index in [0.29, 0.717) is 0 Å². The van der Waals surface area contributed by atoms with Gasteiger partial charge in [-0.3, -0.25) is 4.79 Å². The molecule has 0 aliphatic rings. The average molecular weight is 332 g/mol. The fraction of sp³-hybridized carbons (Fsp3) is 0.833. The molecule has 0 aliphatic carbocycles. The van der Waals surface area contributed by atoms with E-state index >= 15 is 0 Å². The predicted octanol–water partition coefficient (Wildman–Crippen LogP) is -2.46. The van der Waals surface area contributed by atoms with E-state index in [4.69, 9.17) is 0 Å². The number of rotatable bonds is 11. The maximum Gasteiger partial charge on any atom is 1.00 e. The molecule has 0 aliphatic heterocycles. The molecule has 0 amide bonds. The molecule has 118 valence electrons. The summed E-state index contributed by atoms with van der Waals surface area (Å²) in [7, 11) is -4.42. The van der Waals surface area contributed by atoms with Crippen LogP contribution in [0.1, 0.15) is 52.4 Å². The van der Waals surface area contributed by atoms with E-state index in [9.17, 15) is 23.1 Å². The Balaban J connectivity index is 0. The van der Waals surface area contributed by atoms with Crippen LogP contribution < -0.4 is 34.7 Å². The second-order valence-corrected chi connectivity index (χ2v) is 5.66. The van der Waals surface area contributed by atoms with Crippen LogP contribution in [0.5, 0.6) is 0 Å². The van der Waals surface area contributed by atoms with Crippen LogP contribution in [-0.2, 0) is 28.4 Å². The first-order valence-corrected chi connectivity index (χ1v) is 7.95. The molecular formula is C12H21NaO7S. The van der Waals surface area contributed by atoms with Gasteiger partial charge >= 0.3 is 45.9 Å². The molecule has 0 N–H and O–H groups in total. The van der Waals surface area contributed by atoms with Gasteiger partial charge in [-0.2, -0.15) is 8.42 Å². The van der Waals surface area contributed by atoms with Gasteiger partial charge in [0.05, 0.1) is 13.0 Å². The zero-order valence-electron chi connectivity index (χ0n) is 12.8. The second-order valence-electron chi connectivity index (χ2n) is 4.44. The Morgan fingerprint density at radius 2 is 1.81 bits per heavy atom. The van der Waals surface area contributed by atoms with E-state index in [1.54, 1.807) is 0 Å². The second kappa shape index (κ2) is 12.4. The van der Waals surface area contributed by atoms with Crippen molar-refractivity contribution in [2.24, 2.45) is 5.92 Å². The predicted molar refractivity (Wildman–Crippen MR) is 68.5 cm³/mol. The standard InChI is InChI=1S/C12H22O7S.Na/c1-3-5-6-10(4-2)9-18-20(16,17)19-12(15)8-7-11(13)14;/h10H,3-9H2,1-2H3,(H,13,14);/q;+1/p-1. The molecular weight excluding hydrogens is 311 g/mol. The molecule has 0 saturated carbocycles. The first-order valence-electron chi connectivity index (χ1n) is 6.62. The van der Waals surface area contributed by atoms with Crippen molar-refractivity contribution in [3.63, 3.8) is 0 Å². The molecule has 0 rings (SSSR count). The van der Waals surface area contributed by atoms with Crippen LogP contribution in [0.3, 0.4) is 0 Å². The summed E-state index contributed by atoms with van der Waals surface area (Å²) in [5.41, 5.74) is 0. The van der Waals surface area contributed by atoms with Crippen molar-refractivity contribution in [1.29, 1.82) is 0 Å². The van der Waals surface area contributed by atoms with Gasteiger partial charge in [-0.05, 0) is 18.8 Å². The molecule has 1 unspecified atom stereocenters. The molecule has 21 heavy (non-hydrogen) atoms. The fourth-order valence-corrected chi connectivity index (χ4v) is 2.18. The first-order chi connectivity index (χ1) is 9.30. The van der Waals surface area contributed by atoms with Crippen LogP contribution in [0.15, 0.2) is 0 Å². The minimum Gasteiger partial charge on any atom is -0.550 e. The van der Waals surface area contributed by atoms with Crippen LogP contribution in [0, 0.1) is 5.92 Å². The summed E-state index contributed by atoms with van der Waals surface area (Å²) in [5, 5.41) is 10.1. The third-order valence-electron chi connectivity index (χ3n) is 2.72. The van der Waals surface area contributed by atoms with Gasteiger partial charge in [0.25, 0.3) is 0 Å². The summed E-state index contributed by atoms with van der Waals surface area (Å²) in [4.78, 5) is 21.2. The van der Waals surface area contributed by atoms with E-state index in [-0.39, 0.29) is 42.1 Å². The smallest absolute Gasteiger partial charge is 0.550 e. The zero-order chi connectivity index (χ0) is 15.6. The van der Waals surface area contributed by atoms with Crippen molar-refractivity contribution >= 4 is 22.3 Å².